The molecule has 0 saturated heterocycles. The lowest BCUT2D eigenvalue weighted by atomic mass is 10.1. The van der Waals surface area contributed by atoms with E-state index < -0.39 is 0 Å². The molecule has 0 radical (unpaired) electrons. The van der Waals surface area contributed by atoms with Crippen molar-refractivity contribution in [3.8, 4) is 11.5 Å². The number of rotatable bonds is 8. The molecule has 26 heavy (non-hydrogen) atoms. The van der Waals surface area contributed by atoms with Gasteiger partial charge < -0.3 is 14.8 Å². The molecule has 1 amide bonds. The van der Waals surface area contributed by atoms with Crippen molar-refractivity contribution < 1.29 is 18.7 Å². The van der Waals surface area contributed by atoms with E-state index in [1.54, 1.807) is 33.3 Å². The lowest BCUT2D eigenvalue weighted by Gasteiger charge is -2.17. The van der Waals surface area contributed by atoms with E-state index in [-0.39, 0.29) is 18.3 Å². The number of carbonyl (C=O) groups is 1. The number of amides is 1. The predicted molar refractivity (Wildman–Crippen MR) is 101 cm³/mol. The van der Waals surface area contributed by atoms with Crippen molar-refractivity contribution in [1.29, 1.82) is 0 Å². The van der Waals surface area contributed by atoms with Gasteiger partial charge in [-0.2, -0.15) is 0 Å². The maximum atomic E-state index is 13.5. The second kappa shape index (κ2) is 9.20. The van der Waals surface area contributed by atoms with E-state index in [0.29, 0.717) is 29.3 Å². The Morgan fingerprint density at radius 2 is 1.85 bits per heavy atom. The van der Waals surface area contributed by atoms with Crippen molar-refractivity contribution in [1.82, 2.24) is 4.90 Å². The highest BCUT2D eigenvalue weighted by Gasteiger charge is 2.10. The Morgan fingerprint density at radius 1 is 1.12 bits per heavy atom. The van der Waals surface area contributed by atoms with E-state index in [9.17, 15) is 9.18 Å². The smallest absolute Gasteiger partial charge is 0.238 e. The van der Waals surface area contributed by atoms with Gasteiger partial charge >= 0.3 is 0 Å². The zero-order valence-corrected chi connectivity index (χ0v) is 15.6. The van der Waals surface area contributed by atoms with Crippen molar-refractivity contribution >= 4 is 11.6 Å². The van der Waals surface area contributed by atoms with Gasteiger partial charge in [0.1, 0.15) is 5.82 Å². The molecule has 0 spiro atoms. The van der Waals surface area contributed by atoms with Crippen LogP contribution in [0.1, 0.15) is 11.1 Å². The number of halogens is 1. The van der Waals surface area contributed by atoms with Gasteiger partial charge in [0.05, 0.1) is 20.8 Å². The van der Waals surface area contributed by atoms with Crippen molar-refractivity contribution in [2.45, 2.75) is 13.3 Å². The van der Waals surface area contributed by atoms with E-state index in [1.165, 1.54) is 6.07 Å². The molecule has 6 heteroatoms. The molecule has 2 aromatic rings. The highest BCUT2D eigenvalue weighted by Crippen LogP contribution is 2.27. The minimum Gasteiger partial charge on any atom is -0.493 e. The van der Waals surface area contributed by atoms with Crippen molar-refractivity contribution in [2.24, 2.45) is 0 Å². The van der Waals surface area contributed by atoms with Crippen molar-refractivity contribution in [3.05, 3.63) is 53.3 Å². The molecule has 0 atom stereocenters. The number of benzene rings is 2. The summed E-state index contributed by atoms with van der Waals surface area (Å²) >= 11 is 0. The van der Waals surface area contributed by atoms with Gasteiger partial charge in [-0.15, -0.1) is 0 Å². The van der Waals surface area contributed by atoms with Crippen LogP contribution in [0.15, 0.2) is 36.4 Å². The monoisotopic (exact) mass is 360 g/mol. The number of aryl methyl sites for hydroxylation is 1. The lowest BCUT2D eigenvalue weighted by molar-refractivity contribution is -0.117. The van der Waals surface area contributed by atoms with Gasteiger partial charge in [0, 0.05) is 12.2 Å². The lowest BCUT2D eigenvalue weighted by Crippen LogP contribution is -2.31. The summed E-state index contributed by atoms with van der Waals surface area (Å²) in [5, 5.41) is 2.72. The van der Waals surface area contributed by atoms with Gasteiger partial charge in [0.25, 0.3) is 0 Å². The Labute approximate surface area is 153 Å². The van der Waals surface area contributed by atoms with Gasteiger partial charge in [-0.3, -0.25) is 9.69 Å². The Morgan fingerprint density at radius 3 is 2.50 bits per heavy atom. The van der Waals surface area contributed by atoms with Crippen molar-refractivity contribution in [3.63, 3.8) is 0 Å². The van der Waals surface area contributed by atoms with Crippen LogP contribution >= 0.6 is 0 Å². The van der Waals surface area contributed by atoms with Crippen LogP contribution in [0, 0.1) is 12.7 Å². The molecule has 5 nitrogen and oxygen atoms in total. The number of hydrogen-bond acceptors (Lipinski definition) is 4. The normalized spacial score (nSPS) is 10.7. The second-order valence-electron chi connectivity index (χ2n) is 6.19. The molecule has 140 valence electrons. The summed E-state index contributed by atoms with van der Waals surface area (Å²) in [6, 6.07) is 10.4. The van der Waals surface area contributed by atoms with Crippen LogP contribution in [0.3, 0.4) is 0 Å². The minimum atomic E-state index is -0.329. The molecular formula is C20H25FN2O3. The van der Waals surface area contributed by atoms with Crippen molar-refractivity contribution in [2.75, 3.05) is 39.7 Å². The first kappa shape index (κ1) is 19.7. The van der Waals surface area contributed by atoms with E-state index in [2.05, 4.69) is 5.32 Å². The second-order valence-corrected chi connectivity index (χ2v) is 6.19. The molecule has 2 aromatic carbocycles. The molecule has 0 aromatic heterocycles. The minimum absolute atomic E-state index is 0.178. The summed E-state index contributed by atoms with van der Waals surface area (Å²) in [7, 11) is 5.08. The number of anilines is 1. The maximum Gasteiger partial charge on any atom is 0.238 e. The third-order valence-electron chi connectivity index (χ3n) is 4.10. The third kappa shape index (κ3) is 5.46. The molecule has 1 N–H and O–H groups in total. The fourth-order valence-corrected chi connectivity index (χ4v) is 2.55. The molecule has 0 fully saturated rings. The summed E-state index contributed by atoms with van der Waals surface area (Å²) in [6.45, 7) is 2.61. The summed E-state index contributed by atoms with van der Waals surface area (Å²) in [6.07, 6.45) is 0.767. The molecule has 0 aliphatic carbocycles. The number of likely N-dealkylation sites (N-methyl/N-ethyl adjacent to an activating group) is 1. The van der Waals surface area contributed by atoms with Gasteiger partial charge in [-0.25, -0.2) is 4.39 Å². The van der Waals surface area contributed by atoms with Crippen LogP contribution in [-0.2, 0) is 11.2 Å². The van der Waals surface area contributed by atoms with Crippen LogP contribution in [0.25, 0.3) is 0 Å². The number of carbonyl (C=O) groups excluding carboxylic acids is 1. The molecule has 0 bridgehead atoms. The van der Waals surface area contributed by atoms with Crippen LogP contribution in [-0.4, -0.2) is 45.2 Å². The van der Waals surface area contributed by atoms with Gasteiger partial charge in [-0.05, 0) is 55.8 Å². The zero-order chi connectivity index (χ0) is 19.1. The molecule has 0 aliphatic rings. The van der Waals surface area contributed by atoms with E-state index in [4.69, 9.17) is 9.47 Å². The first-order valence-corrected chi connectivity index (χ1v) is 8.38. The summed E-state index contributed by atoms with van der Waals surface area (Å²) in [5.74, 6) is 0.869. The molecule has 0 unspecified atom stereocenters. The largest absolute Gasteiger partial charge is 0.493 e. The van der Waals surface area contributed by atoms with E-state index >= 15 is 0 Å². The summed E-state index contributed by atoms with van der Waals surface area (Å²) in [5.41, 5.74) is 2.11. The molecule has 0 saturated carbocycles. The number of methoxy groups -OCH3 is 2. The highest BCUT2D eigenvalue weighted by molar-refractivity contribution is 5.92. The Kier molecular flexibility index (Phi) is 6.97. The topological polar surface area (TPSA) is 50.8 Å². The number of ether oxygens (including phenoxy) is 2. The van der Waals surface area contributed by atoms with Gasteiger partial charge in [0.15, 0.2) is 11.5 Å². The number of hydrogen-bond donors (Lipinski definition) is 1. The SMILES string of the molecule is COc1ccc(CCN(C)CC(=O)Nc2ccc(C)c(F)c2)cc1OC. The Balaban J connectivity index is 1.85. The molecule has 0 aliphatic heterocycles. The fourth-order valence-electron chi connectivity index (χ4n) is 2.55. The highest BCUT2D eigenvalue weighted by atomic mass is 19.1. The van der Waals surface area contributed by atoms with Crippen LogP contribution in [0.5, 0.6) is 11.5 Å². The van der Waals surface area contributed by atoms with Crippen LogP contribution < -0.4 is 14.8 Å². The first-order chi connectivity index (χ1) is 12.4. The quantitative estimate of drug-likeness (QED) is 0.785. The number of nitrogens with zero attached hydrogens (tertiary/aromatic N) is 1. The van der Waals surface area contributed by atoms with Gasteiger partial charge in [-0.1, -0.05) is 12.1 Å². The van der Waals surface area contributed by atoms with Crippen LogP contribution in [0.2, 0.25) is 0 Å². The average Bonchev–Trinajstić information content (AvgIpc) is 2.62. The third-order valence-corrected chi connectivity index (χ3v) is 4.10. The molecule has 0 heterocycles. The standard InChI is InChI=1S/C20H25FN2O3/c1-14-5-7-16(12-17(14)21)22-20(24)13-23(2)10-9-15-6-8-18(25-3)19(11-15)26-4/h5-8,11-12H,9-10,13H2,1-4H3,(H,22,24). The molecule has 2 rings (SSSR count). The zero-order valence-electron chi connectivity index (χ0n) is 15.6. The number of nitrogens with one attached hydrogen (secondary N) is 1. The Hall–Kier alpha value is -2.60. The summed E-state index contributed by atoms with van der Waals surface area (Å²) < 4.78 is 24.1. The molecular weight excluding hydrogens is 335 g/mol. The van der Waals surface area contributed by atoms with E-state index in [1.807, 2.05) is 30.1 Å². The fraction of sp³-hybridized carbons (Fsp3) is 0.350. The average molecular weight is 360 g/mol. The van der Waals surface area contributed by atoms with Crippen LogP contribution in [0.4, 0.5) is 10.1 Å². The van der Waals surface area contributed by atoms with E-state index in [0.717, 1.165) is 12.0 Å². The Bertz CT molecular complexity index is 765. The summed E-state index contributed by atoms with van der Waals surface area (Å²) in [4.78, 5) is 14.0. The predicted octanol–water partition coefficient (Wildman–Crippen LogP) is 3.26. The van der Waals surface area contributed by atoms with Gasteiger partial charge in [0.2, 0.25) is 5.91 Å². The maximum absolute atomic E-state index is 13.5. The first-order valence-electron chi connectivity index (χ1n) is 8.38.